The number of carbonyl (C=O) groups is 3. The second kappa shape index (κ2) is 14.5. The van der Waals surface area contributed by atoms with Gasteiger partial charge < -0.3 is 19.9 Å². The Bertz CT molecular complexity index is 2020. The van der Waals surface area contributed by atoms with Crippen molar-refractivity contribution in [3.05, 3.63) is 82.5 Å². The lowest BCUT2D eigenvalue weighted by molar-refractivity contribution is -0.172. The number of amides is 2. The molecular weight excluding hydrogens is 740 g/mol. The van der Waals surface area contributed by atoms with Gasteiger partial charge in [0.1, 0.15) is 36.6 Å². The van der Waals surface area contributed by atoms with Gasteiger partial charge in [-0.1, -0.05) is 6.07 Å². The SMILES string of the molecule is CN1N(Cc2ccc(OCCN3CCOC(=O)C3)c(F)c2F)C(=O)C(C(=O)Nc2ccc(C(F)(F)F)cc2-c2cc(C(F)(F)F)ncn2)=C(O)C12CCC2. The summed E-state index contributed by atoms with van der Waals surface area (Å²) in [5.41, 5.74) is -7.10. The molecule has 2 aromatic carbocycles. The number of esters is 1. The van der Waals surface area contributed by atoms with Gasteiger partial charge in [-0.2, -0.15) is 30.7 Å². The maximum Gasteiger partial charge on any atom is 0.433 e. The predicted octanol–water partition coefficient (Wildman–Crippen LogP) is 5.26. The number of ether oxygens (including phenoxy) is 2. The van der Waals surface area contributed by atoms with Crippen LogP contribution in [0.25, 0.3) is 11.3 Å². The minimum atomic E-state index is -5.00. The second-order valence-electron chi connectivity index (χ2n) is 12.7. The Kier molecular flexibility index (Phi) is 10.3. The zero-order chi connectivity index (χ0) is 39.2. The number of likely N-dealkylation sites (N-methyl/N-ethyl adjacent to an activating group) is 1. The molecule has 0 atom stereocenters. The molecular formula is C34H30F8N6O6. The summed E-state index contributed by atoms with van der Waals surface area (Å²) in [6, 6.07) is 4.42. The van der Waals surface area contributed by atoms with E-state index in [-0.39, 0.29) is 44.7 Å². The molecule has 0 bridgehead atoms. The van der Waals surface area contributed by atoms with E-state index in [1.54, 1.807) is 4.90 Å². The van der Waals surface area contributed by atoms with Crippen LogP contribution in [-0.4, -0.2) is 93.2 Å². The smallest absolute Gasteiger partial charge is 0.433 e. The fourth-order valence-electron chi connectivity index (χ4n) is 6.36. The summed E-state index contributed by atoms with van der Waals surface area (Å²) >= 11 is 0. The van der Waals surface area contributed by atoms with Crippen LogP contribution in [0, 0.1) is 11.6 Å². The maximum atomic E-state index is 15.5. The van der Waals surface area contributed by atoms with Gasteiger partial charge >= 0.3 is 18.3 Å². The normalized spacial score (nSPS) is 18.1. The van der Waals surface area contributed by atoms with Gasteiger partial charge in [0.05, 0.1) is 35.6 Å². The third-order valence-electron chi connectivity index (χ3n) is 9.48. The van der Waals surface area contributed by atoms with Crippen molar-refractivity contribution in [2.75, 3.05) is 45.2 Å². The average Bonchev–Trinajstić information content (AvgIpc) is 3.08. The first kappa shape index (κ1) is 38.4. The predicted molar refractivity (Wildman–Crippen MR) is 170 cm³/mol. The Balaban J connectivity index is 1.27. The van der Waals surface area contributed by atoms with Crippen molar-refractivity contribution in [3.8, 4) is 17.0 Å². The number of aliphatic hydroxyl groups excluding tert-OH is 1. The molecule has 0 unspecified atom stereocenters. The van der Waals surface area contributed by atoms with Crippen LogP contribution in [0.1, 0.15) is 36.1 Å². The molecule has 2 N–H and O–H groups in total. The summed E-state index contributed by atoms with van der Waals surface area (Å²) in [6.45, 7) is 0.107. The third-order valence-corrected chi connectivity index (χ3v) is 9.48. The molecule has 288 valence electrons. The number of halogens is 8. The molecule has 54 heavy (non-hydrogen) atoms. The quantitative estimate of drug-likeness (QED) is 0.169. The first-order valence-corrected chi connectivity index (χ1v) is 16.3. The van der Waals surface area contributed by atoms with E-state index in [9.17, 15) is 45.8 Å². The van der Waals surface area contributed by atoms with Crippen molar-refractivity contribution < 1.29 is 64.1 Å². The first-order valence-electron chi connectivity index (χ1n) is 16.3. The fourth-order valence-corrected chi connectivity index (χ4v) is 6.36. The first-order chi connectivity index (χ1) is 25.4. The van der Waals surface area contributed by atoms with Crippen LogP contribution in [0.15, 0.2) is 54.1 Å². The lowest BCUT2D eigenvalue weighted by Crippen LogP contribution is -2.65. The van der Waals surface area contributed by atoms with Crippen LogP contribution in [0.2, 0.25) is 0 Å². The number of anilines is 1. The number of morpholine rings is 1. The number of aromatic nitrogens is 2. The molecule has 2 amide bonds. The van der Waals surface area contributed by atoms with E-state index in [0.29, 0.717) is 37.5 Å². The van der Waals surface area contributed by atoms with Crippen LogP contribution in [0.4, 0.5) is 40.8 Å². The summed E-state index contributed by atoms with van der Waals surface area (Å²) in [6.07, 6.45) is -8.53. The van der Waals surface area contributed by atoms with Crippen molar-refractivity contribution in [1.82, 2.24) is 24.9 Å². The Morgan fingerprint density at radius 3 is 2.41 bits per heavy atom. The highest BCUT2D eigenvalue weighted by atomic mass is 19.4. The Morgan fingerprint density at radius 2 is 1.76 bits per heavy atom. The summed E-state index contributed by atoms with van der Waals surface area (Å²) in [7, 11) is 1.39. The zero-order valence-electron chi connectivity index (χ0n) is 28.2. The number of hydrogen-bond acceptors (Lipinski definition) is 10. The topological polar surface area (TPSA) is 137 Å². The van der Waals surface area contributed by atoms with Gasteiger partial charge in [-0.05, 0) is 49.6 Å². The fraction of sp³-hybridized carbons (Fsp3) is 0.382. The van der Waals surface area contributed by atoms with Crippen molar-refractivity contribution in [2.45, 2.75) is 43.7 Å². The number of aliphatic hydroxyl groups is 1. The van der Waals surface area contributed by atoms with E-state index >= 15 is 8.78 Å². The van der Waals surface area contributed by atoms with Crippen molar-refractivity contribution in [3.63, 3.8) is 0 Å². The van der Waals surface area contributed by atoms with E-state index in [4.69, 9.17) is 9.47 Å². The van der Waals surface area contributed by atoms with Crippen molar-refractivity contribution in [2.24, 2.45) is 0 Å². The van der Waals surface area contributed by atoms with Gasteiger partial charge in [0.25, 0.3) is 11.8 Å². The molecule has 3 aliphatic rings. The average molecular weight is 771 g/mol. The lowest BCUT2D eigenvalue weighted by atomic mass is 9.72. The van der Waals surface area contributed by atoms with E-state index in [2.05, 4.69) is 15.3 Å². The summed E-state index contributed by atoms with van der Waals surface area (Å²) in [4.78, 5) is 47.7. The highest BCUT2D eigenvalue weighted by Crippen LogP contribution is 2.47. The van der Waals surface area contributed by atoms with Gasteiger partial charge in [0.2, 0.25) is 5.82 Å². The Hall–Kier alpha value is -5.37. The molecule has 2 aliphatic heterocycles. The van der Waals surface area contributed by atoms with E-state index < -0.39 is 99.1 Å². The molecule has 2 fully saturated rings. The number of carbonyl (C=O) groups excluding carboxylic acids is 3. The summed E-state index contributed by atoms with van der Waals surface area (Å²) < 4.78 is 122. The number of hydrogen-bond donors (Lipinski definition) is 2. The standard InChI is InChI=1S/C34H30F8N6O6/c1-46-32(7-2-8-32)29(50)26(30(51)45-21-5-4-19(33(37,38)39)13-20(21)22-14-24(34(40,41)42)44-17-43-22)31(52)48(46)15-18-3-6-23(28(36)27(18)35)53-11-9-47-10-12-54-25(49)16-47/h3-6,13-14,17,50H,2,7-12,15-16H2,1H3,(H,45,51). The highest BCUT2D eigenvalue weighted by Gasteiger charge is 2.55. The van der Waals surface area contributed by atoms with Gasteiger partial charge in [-0.15, -0.1) is 0 Å². The number of hydrazine groups is 1. The number of cyclic esters (lactones) is 1. The molecule has 3 aromatic rings. The van der Waals surface area contributed by atoms with Crippen LogP contribution in [0.5, 0.6) is 5.75 Å². The molecule has 1 aliphatic carbocycles. The number of nitrogens with zero attached hydrogens (tertiary/aromatic N) is 5. The molecule has 3 heterocycles. The number of rotatable bonds is 9. The maximum absolute atomic E-state index is 15.5. The van der Waals surface area contributed by atoms with Gasteiger partial charge in [-0.25, -0.2) is 19.4 Å². The Labute approximate surface area is 300 Å². The Morgan fingerprint density at radius 1 is 1.02 bits per heavy atom. The van der Waals surface area contributed by atoms with Gasteiger partial charge in [0, 0.05) is 31.3 Å². The number of nitrogens with one attached hydrogen (secondary N) is 1. The molecule has 20 heteroatoms. The van der Waals surface area contributed by atoms with E-state index in [1.807, 2.05) is 0 Å². The molecule has 1 saturated carbocycles. The largest absolute Gasteiger partial charge is 0.509 e. The molecule has 12 nitrogen and oxygen atoms in total. The summed E-state index contributed by atoms with van der Waals surface area (Å²) in [5, 5.41) is 15.8. The van der Waals surface area contributed by atoms with Gasteiger partial charge in [0.15, 0.2) is 11.6 Å². The van der Waals surface area contributed by atoms with Crippen LogP contribution in [0.3, 0.4) is 0 Å². The van der Waals surface area contributed by atoms with Crippen LogP contribution >= 0.6 is 0 Å². The highest BCUT2D eigenvalue weighted by molar-refractivity contribution is 6.24. The summed E-state index contributed by atoms with van der Waals surface area (Å²) in [5.74, 6) is -6.85. The molecule has 1 aromatic heterocycles. The van der Waals surface area contributed by atoms with Crippen LogP contribution in [-0.2, 0) is 38.0 Å². The monoisotopic (exact) mass is 770 g/mol. The second-order valence-corrected chi connectivity index (χ2v) is 12.7. The molecule has 0 radical (unpaired) electrons. The van der Waals surface area contributed by atoms with E-state index in [1.165, 1.54) is 12.1 Å². The van der Waals surface area contributed by atoms with Crippen LogP contribution < -0.4 is 10.1 Å². The zero-order valence-corrected chi connectivity index (χ0v) is 28.2. The minimum Gasteiger partial charge on any atom is -0.509 e. The van der Waals surface area contributed by atoms with Gasteiger partial charge in [-0.3, -0.25) is 24.3 Å². The molecule has 1 saturated heterocycles. The lowest BCUT2D eigenvalue weighted by Gasteiger charge is -2.54. The van der Waals surface area contributed by atoms with E-state index in [0.717, 1.165) is 23.2 Å². The number of benzene rings is 2. The van der Waals surface area contributed by atoms with Crippen molar-refractivity contribution >= 4 is 23.5 Å². The van der Waals surface area contributed by atoms with Crippen molar-refractivity contribution in [1.29, 1.82) is 0 Å². The molecule has 1 spiro atoms. The minimum absolute atomic E-state index is 0.0122. The molecule has 6 rings (SSSR count). The number of alkyl halides is 6. The third kappa shape index (κ3) is 7.39.